The van der Waals surface area contributed by atoms with E-state index in [2.05, 4.69) is 6.92 Å². The molecule has 0 unspecified atom stereocenters. The monoisotopic (exact) mass is 322 g/mol. The van der Waals surface area contributed by atoms with E-state index >= 15 is 0 Å². The minimum atomic E-state index is 0. The second-order valence-corrected chi connectivity index (χ2v) is 5.32. The summed E-state index contributed by atoms with van der Waals surface area (Å²) >= 11 is 0. The third-order valence-electron chi connectivity index (χ3n) is 3.51. The molecule has 0 atom stereocenters. The number of aliphatic hydroxyl groups is 1. The number of halogens is 1. The molecule has 0 aliphatic heterocycles. The third-order valence-corrected chi connectivity index (χ3v) is 3.51. The fraction of sp³-hybridized carbons (Fsp3) is 1.00. The zero-order valence-electron chi connectivity index (χ0n) is 12.5. The molecule has 0 spiro atoms. The van der Waals surface area contributed by atoms with Crippen molar-refractivity contribution in [2.24, 2.45) is 0 Å². The summed E-state index contributed by atoms with van der Waals surface area (Å²) in [6.07, 6.45) is 19.2. The molecule has 0 aromatic carbocycles. The van der Waals surface area contributed by atoms with E-state index in [1.54, 1.807) is 0 Å². The van der Waals surface area contributed by atoms with Gasteiger partial charge in [0, 0.05) is 6.61 Å². The zero-order chi connectivity index (χ0) is 12.6. The maximum absolute atomic E-state index is 8.64. The molecular weight excluding hydrogens is 288 g/mol. The molecule has 0 aliphatic carbocycles. The first kappa shape index (κ1) is 20.8. The van der Waals surface area contributed by atoms with Crippen LogP contribution in [-0.4, -0.2) is 11.7 Å². The largest absolute Gasteiger partial charge is 0.396 e. The Morgan fingerprint density at radius 3 is 1.06 bits per heavy atom. The summed E-state index contributed by atoms with van der Waals surface area (Å²) in [6.45, 7) is 2.65. The highest BCUT2D eigenvalue weighted by Gasteiger charge is 1.93. The van der Waals surface area contributed by atoms with Crippen molar-refractivity contribution >= 4 is 17.0 Å². The lowest BCUT2D eigenvalue weighted by Gasteiger charge is -2.02. The van der Waals surface area contributed by atoms with Crippen LogP contribution in [0.25, 0.3) is 0 Å². The Hall–Kier alpha value is 0.440. The molecule has 0 bridgehead atoms. The van der Waals surface area contributed by atoms with Crippen LogP contribution in [0.15, 0.2) is 0 Å². The molecule has 0 saturated carbocycles. The first-order chi connectivity index (χ1) is 8.41. The second kappa shape index (κ2) is 19.8. The lowest BCUT2D eigenvalue weighted by molar-refractivity contribution is 0.282. The molecule has 0 radical (unpaired) electrons. The Morgan fingerprint density at radius 1 is 0.500 bits per heavy atom. The Kier molecular flexibility index (Phi) is 22.8. The van der Waals surface area contributed by atoms with E-state index in [0.29, 0.717) is 6.61 Å². The third kappa shape index (κ3) is 18.8. The van der Waals surface area contributed by atoms with E-state index in [1.165, 1.54) is 83.5 Å². The molecule has 0 rings (SSSR count). The fourth-order valence-corrected chi connectivity index (χ4v) is 2.31. The van der Waals surface area contributed by atoms with Crippen molar-refractivity contribution in [1.82, 2.24) is 0 Å². The van der Waals surface area contributed by atoms with E-state index in [1.807, 2.05) is 0 Å². The number of unbranched alkanes of at least 4 members (excludes halogenated alkanes) is 13. The summed E-state index contributed by atoms with van der Waals surface area (Å²) in [5.74, 6) is 0. The van der Waals surface area contributed by atoms with Gasteiger partial charge in [0.2, 0.25) is 0 Å². The van der Waals surface area contributed by atoms with Gasteiger partial charge in [-0.15, -0.1) is 17.0 Å². The lowest BCUT2D eigenvalue weighted by atomic mass is 10.0. The van der Waals surface area contributed by atoms with Crippen molar-refractivity contribution in [2.75, 3.05) is 6.61 Å². The summed E-state index contributed by atoms with van der Waals surface area (Å²) in [5, 5.41) is 8.64. The van der Waals surface area contributed by atoms with Crippen molar-refractivity contribution in [2.45, 2.75) is 96.8 Å². The Morgan fingerprint density at radius 2 is 0.778 bits per heavy atom. The van der Waals surface area contributed by atoms with Gasteiger partial charge in [-0.05, 0) is 6.42 Å². The van der Waals surface area contributed by atoms with Gasteiger partial charge >= 0.3 is 0 Å². The quantitative estimate of drug-likeness (QED) is 0.386. The van der Waals surface area contributed by atoms with Crippen LogP contribution in [0.4, 0.5) is 0 Å². The molecule has 0 aromatic rings. The van der Waals surface area contributed by atoms with Crippen molar-refractivity contribution in [3.8, 4) is 0 Å². The highest BCUT2D eigenvalue weighted by Crippen LogP contribution is 2.12. The van der Waals surface area contributed by atoms with E-state index in [9.17, 15) is 0 Å². The van der Waals surface area contributed by atoms with Gasteiger partial charge in [0.25, 0.3) is 0 Å². The fourth-order valence-electron chi connectivity index (χ4n) is 2.31. The Balaban J connectivity index is 0. The molecule has 0 aliphatic rings. The average Bonchev–Trinajstić information content (AvgIpc) is 2.35. The molecule has 0 amide bonds. The van der Waals surface area contributed by atoms with Crippen LogP contribution >= 0.6 is 17.0 Å². The summed E-state index contributed by atoms with van der Waals surface area (Å²) in [5.41, 5.74) is 0. The molecular formula is C16H35BrO. The minimum Gasteiger partial charge on any atom is -0.396 e. The second-order valence-electron chi connectivity index (χ2n) is 5.32. The Labute approximate surface area is 126 Å². The van der Waals surface area contributed by atoms with E-state index < -0.39 is 0 Å². The topological polar surface area (TPSA) is 20.2 Å². The molecule has 1 N–H and O–H groups in total. The van der Waals surface area contributed by atoms with Crippen LogP contribution in [-0.2, 0) is 0 Å². The van der Waals surface area contributed by atoms with E-state index in [4.69, 9.17) is 5.11 Å². The Bertz CT molecular complexity index is 114. The lowest BCUT2D eigenvalue weighted by Crippen LogP contribution is -1.84. The smallest absolute Gasteiger partial charge is 0.0431 e. The minimum absolute atomic E-state index is 0. The SMILES string of the molecule is Br.CCCCCCCCCCCCCCCCO. The van der Waals surface area contributed by atoms with Gasteiger partial charge in [-0.3, -0.25) is 0 Å². The number of aliphatic hydroxyl groups excluding tert-OH is 1. The van der Waals surface area contributed by atoms with Gasteiger partial charge in [0.1, 0.15) is 0 Å². The van der Waals surface area contributed by atoms with Crippen LogP contribution in [0, 0.1) is 0 Å². The summed E-state index contributed by atoms with van der Waals surface area (Å²) < 4.78 is 0. The zero-order valence-corrected chi connectivity index (χ0v) is 14.2. The van der Waals surface area contributed by atoms with Crippen LogP contribution in [0.5, 0.6) is 0 Å². The highest BCUT2D eigenvalue weighted by molar-refractivity contribution is 8.93. The van der Waals surface area contributed by atoms with Crippen LogP contribution in [0.2, 0.25) is 0 Å². The van der Waals surface area contributed by atoms with Crippen molar-refractivity contribution in [1.29, 1.82) is 0 Å². The summed E-state index contributed by atoms with van der Waals surface area (Å²) in [6, 6.07) is 0. The van der Waals surface area contributed by atoms with E-state index in [0.717, 1.165) is 6.42 Å². The predicted molar refractivity (Wildman–Crippen MR) is 87.7 cm³/mol. The molecule has 112 valence electrons. The number of hydrogen-bond donors (Lipinski definition) is 1. The summed E-state index contributed by atoms with van der Waals surface area (Å²) in [4.78, 5) is 0. The van der Waals surface area contributed by atoms with Gasteiger partial charge in [0.05, 0.1) is 0 Å². The van der Waals surface area contributed by atoms with Gasteiger partial charge in [-0.1, -0.05) is 90.4 Å². The summed E-state index contributed by atoms with van der Waals surface area (Å²) in [7, 11) is 0. The van der Waals surface area contributed by atoms with Crippen molar-refractivity contribution in [3.63, 3.8) is 0 Å². The standard InChI is InChI=1S/C16H34O.BrH/c1-2-3-4-5-6-7-8-9-10-11-12-13-14-15-16-17;/h17H,2-16H2,1H3;1H. The normalized spacial score (nSPS) is 10.3. The molecule has 0 saturated heterocycles. The van der Waals surface area contributed by atoms with Gasteiger partial charge < -0.3 is 5.11 Å². The van der Waals surface area contributed by atoms with Gasteiger partial charge in [0.15, 0.2) is 0 Å². The maximum Gasteiger partial charge on any atom is 0.0431 e. The molecule has 0 aromatic heterocycles. The predicted octanol–water partition coefficient (Wildman–Crippen LogP) is 6.04. The van der Waals surface area contributed by atoms with E-state index in [-0.39, 0.29) is 17.0 Å². The van der Waals surface area contributed by atoms with Crippen LogP contribution < -0.4 is 0 Å². The molecule has 0 heterocycles. The number of rotatable bonds is 14. The molecule has 1 nitrogen and oxygen atoms in total. The molecule has 18 heavy (non-hydrogen) atoms. The maximum atomic E-state index is 8.64. The average molecular weight is 323 g/mol. The first-order valence-corrected chi connectivity index (χ1v) is 8.02. The van der Waals surface area contributed by atoms with Crippen LogP contribution in [0.1, 0.15) is 96.8 Å². The molecule has 0 fully saturated rings. The highest BCUT2D eigenvalue weighted by atomic mass is 79.9. The van der Waals surface area contributed by atoms with Gasteiger partial charge in [-0.25, -0.2) is 0 Å². The first-order valence-electron chi connectivity index (χ1n) is 8.02. The van der Waals surface area contributed by atoms with Crippen molar-refractivity contribution < 1.29 is 5.11 Å². The van der Waals surface area contributed by atoms with Crippen molar-refractivity contribution in [3.05, 3.63) is 0 Å². The van der Waals surface area contributed by atoms with Crippen LogP contribution in [0.3, 0.4) is 0 Å². The number of hydrogen-bond acceptors (Lipinski definition) is 1. The molecule has 2 heteroatoms. The van der Waals surface area contributed by atoms with Gasteiger partial charge in [-0.2, -0.15) is 0 Å².